The van der Waals surface area contributed by atoms with Gasteiger partial charge in [-0.25, -0.2) is 0 Å². The highest BCUT2D eigenvalue weighted by molar-refractivity contribution is 5.91. The number of anilines is 1. The van der Waals surface area contributed by atoms with Crippen molar-refractivity contribution in [1.82, 2.24) is 4.98 Å². The predicted octanol–water partition coefficient (Wildman–Crippen LogP) is 3.73. The van der Waals surface area contributed by atoms with Crippen LogP contribution in [-0.2, 0) is 10.9 Å². The van der Waals surface area contributed by atoms with Crippen LogP contribution in [0.2, 0.25) is 0 Å². The maximum atomic E-state index is 12.7. The first-order valence-electron chi connectivity index (χ1n) is 6.68. The molecule has 114 valence electrons. The molecule has 0 N–H and O–H groups in total. The highest BCUT2D eigenvalue weighted by Gasteiger charge is 2.30. The van der Waals surface area contributed by atoms with Crippen LogP contribution in [-0.4, -0.2) is 31.8 Å². The number of fused-ring (bicyclic) bond motifs is 1. The Hall–Kier alpha value is -1.82. The second-order valence-electron chi connectivity index (χ2n) is 4.68. The molecule has 6 heteroatoms. The molecule has 0 unspecified atom stereocenters. The number of hydrogen-bond donors (Lipinski definition) is 0. The molecule has 0 radical (unpaired) electrons. The quantitative estimate of drug-likeness (QED) is 0.787. The first-order valence-corrected chi connectivity index (χ1v) is 6.68. The number of pyridine rings is 1. The third-order valence-corrected chi connectivity index (χ3v) is 3.23. The molecule has 0 aliphatic rings. The molecule has 0 aliphatic heterocycles. The van der Waals surface area contributed by atoms with E-state index < -0.39 is 11.7 Å². The van der Waals surface area contributed by atoms with Crippen LogP contribution in [0.15, 0.2) is 30.5 Å². The molecular formula is C15H17F3N2O. The summed E-state index contributed by atoms with van der Waals surface area (Å²) in [4.78, 5) is 5.99. The summed E-state index contributed by atoms with van der Waals surface area (Å²) in [5.41, 5.74) is 0.496. The maximum absolute atomic E-state index is 12.7. The van der Waals surface area contributed by atoms with E-state index in [2.05, 4.69) is 4.98 Å². The van der Waals surface area contributed by atoms with Crippen LogP contribution in [0.1, 0.15) is 12.5 Å². The largest absolute Gasteiger partial charge is 0.416 e. The number of ether oxygens (including phenoxy) is 1. The van der Waals surface area contributed by atoms with Gasteiger partial charge in [-0.1, -0.05) is 6.07 Å². The Morgan fingerprint density at radius 2 is 2.00 bits per heavy atom. The zero-order chi connectivity index (χ0) is 15.5. The average Bonchev–Trinajstić information content (AvgIpc) is 2.45. The van der Waals surface area contributed by atoms with Gasteiger partial charge in [0.05, 0.1) is 17.7 Å². The molecule has 0 spiro atoms. The van der Waals surface area contributed by atoms with Crippen LogP contribution in [0.5, 0.6) is 0 Å². The molecule has 1 aromatic heterocycles. The molecule has 0 saturated heterocycles. The fourth-order valence-corrected chi connectivity index (χ4v) is 2.11. The standard InChI is InChI=1S/C15H17F3N2O/c1-3-21-9-8-20(2)14-6-7-19-13-10-11(15(16,17)18)4-5-12(13)14/h4-7,10H,3,8-9H2,1-2H3. The molecule has 3 nitrogen and oxygen atoms in total. The van der Waals surface area contributed by atoms with Gasteiger partial charge in [-0.3, -0.25) is 4.98 Å². The van der Waals surface area contributed by atoms with E-state index in [9.17, 15) is 13.2 Å². The van der Waals surface area contributed by atoms with E-state index in [1.807, 2.05) is 18.9 Å². The third kappa shape index (κ3) is 3.64. The van der Waals surface area contributed by atoms with Gasteiger partial charge in [0.2, 0.25) is 0 Å². The van der Waals surface area contributed by atoms with E-state index in [1.54, 1.807) is 6.07 Å². The molecule has 0 atom stereocenters. The van der Waals surface area contributed by atoms with E-state index >= 15 is 0 Å². The molecule has 0 saturated carbocycles. The Morgan fingerprint density at radius 3 is 2.67 bits per heavy atom. The number of nitrogens with zero attached hydrogens (tertiary/aromatic N) is 2. The van der Waals surface area contributed by atoms with Gasteiger partial charge in [-0.05, 0) is 25.1 Å². The summed E-state index contributed by atoms with van der Waals surface area (Å²) in [5.74, 6) is 0. The van der Waals surface area contributed by atoms with E-state index in [-0.39, 0.29) is 0 Å². The maximum Gasteiger partial charge on any atom is 0.416 e. The van der Waals surface area contributed by atoms with Crippen molar-refractivity contribution in [1.29, 1.82) is 0 Å². The molecule has 1 aromatic carbocycles. The minimum atomic E-state index is -4.35. The summed E-state index contributed by atoms with van der Waals surface area (Å²) < 4.78 is 43.5. The van der Waals surface area contributed by atoms with Gasteiger partial charge in [-0.15, -0.1) is 0 Å². The van der Waals surface area contributed by atoms with E-state index in [1.165, 1.54) is 12.3 Å². The summed E-state index contributed by atoms with van der Waals surface area (Å²) in [6.45, 7) is 3.78. The number of aromatic nitrogens is 1. The monoisotopic (exact) mass is 298 g/mol. The van der Waals surface area contributed by atoms with Crippen molar-refractivity contribution < 1.29 is 17.9 Å². The van der Waals surface area contributed by atoms with Crippen LogP contribution in [0.4, 0.5) is 18.9 Å². The molecule has 0 amide bonds. The molecular weight excluding hydrogens is 281 g/mol. The summed E-state index contributed by atoms with van der Waals surface area (Å²) in [7, 11) is 1.88. The molecule has 0 fully saturated rings. The van der Waals surface area contributed by atoms with Crippen molar-refractivity contribution in [2.24, 2.45) is 0 Å². The molecule has 21 heavy (non-hydrogen) atoms. The fraction of sp³-hybridized carbons (Fsp3) is 0.400. The van der Waals surface area contributed by atoms with Crippen LogP contribution in [0.25, 0.3) is 10.9 Å². The van der Waals surface area contributed by atoms with Gasteiger partial charge < -0.3 is 9.64 Å². The van der Waals surface area contributed by atoms with Gasteiger partial charge in [0.15, 0.2) is 0 Å². The Kier molecular flexibility index (Phi) is 4.67. The summed E-state index contributed by atoms with van der Waals surface area (Å²) >= 11 is 0. The van der Waals surface area contributed by atoms with Gasteiger partial charge >= 0.3 is 6.18 Å². The lowest BCUT2D eigenvalue weighted by molar-refractivity contribution is -0.137. The zero-order valence-electron chi connectivity index (χ0n) is 11.9. The van der Waals surface area contributed by atoms with Crippen LogP contribution in [0.3, 0.4) is 0 Å². The Balaban J connectivity index is 2.33. The average molecular weight is 298 g/mol. The molecule has 2 aromatic rings. The minimum absolute atomic E-state index is 0.339. The lowest BCUT2D eigenvalue weighted by Gasteiger charge is -2.21. The number of likely N-dealkylation sites (N-methyl/N-ethyl adjacent to an activating group) is 1. The summed E-state index contributed by atoms with van der Waals surface area (Å²) in [6, 6.07) is 5.43. The number of hydrogen-bond acceptors (Lipinski definition) is 3. The van der Waals surface area contributed by atoms with E-state index in [0.29, 0.717) is 30.7 Å². The Labute approximate surface area is 121 Å². The van der Waals surface area contributed by atoms with Crippen molar-refractivity contribution in [2.75, 3.05) is 31.7 Å². The van der Waals surface area contributed by atoms with E-state index in [0.717, 1.165) is 17.8 Å². The highest BCUT2D eigenvalue weighted by atomic mass is 19.4. The Morgan fingerprint density at radius 1 is 1.24 bits per heavy atom. The van der Waals surface area contributed by atoms with Crippen molar-refractivity contribution in [2.45, 2.75) is 13.1 Å². The van der Waals surface area contributed by atoms with Crippen molar-refractivity contribution in [3.8, 4) is 0 Å². The van der Waals surface area contributed by atoms with Crippen LogP contribution in [0, 0.1) is 0 Å². The van der Waals surface area contributed by atoms with Crippen molar-refractivity contribution >= 4 is 16.6 Å². The third-order valence-electron chi connectivity index (χ3n) is 3.23. The second kappa shape index (κ2) is 6.30. The molecule has 2 rings (SSSR count). The number of alkyl halides is 3. The molecule has 0 bridgehead atoms. The summed E-state index contributed by atoms with van der Waals surface area (Å²) in [5, 5.41) is 0.699. The van der Waals surface area contributed by atoms with Crippen LogP contribution >= 0.6 is 0 Å². The first kappa shape index (κ1) is 15.6. The molecule has 1 heterocycles. The zero-order valence-corrected chi connectivity index (χ0v) is 11.9. The predicted molar refractivity (Wildman–Crippen MR) is 76.5 cm³/mol. The lowest BCUT2D eigenvalue weighted by Crippen LogP contribution is -2.22. The topological polar surface area (TPSA) is 25.4 Å². The van der Waals surface area contributed by atoms with Gasteiger partial charge in [-0.2, -0.15) is 13.2 Å². The van der Waals surface area contributed by atoms with Gasteiger partial charge in [0.25, 0.3) is 0 Å². The summed E-state index contributed by atoms with van der Waals surface area (Å²) in [6.07, 6.45) is -2.83. The smallest absolute Gasteiger partial charge is 0.380 e. The SMILES string of the molecule is CCOCCN(C)c1ccnc2cc(C(F)(F)F)ccc12. The number of rotatable bonds is 5. The number of benzene rings is 1. The number of halogens is 3. The van der Waals surface area contributed by atoms with Crippen molar-refractivity contribution in [3.05, 3.63) is 36.0 Å². The van der Waals surface area contributed by atoms with Crippen molar-refractivity contribution in [3.63, 3.8) is 0 Å². The first-order chi connectivity index (χ1) is 9.93. The minimum Gasteiger partial charge on any atom is -0.380 e. The Bertz CT molecular complexity index is 613. The van der Waals surface area contributed by atoms with Gasteiger partial charge in [0.1, 0.15) is 0 Å². The van der Waals surface area contributed by atoms with Gasteiger partial charge in [0, 0.05) is 37.5 Å². The van der Waals surface area contributed by atoms with Crippen LogP contribution < -0.4 is 4.90 Å². The van der Waals surface area contributed by atoms with E-state index in [4.69, 9.17) is 4.74 Å². The molecule has 0 aliphatic carbocycles. The highest BCUT2D eigenvalue weighted by Crippen LogP contribution is 2.33. The fourth-order valence-electron chi connectivity index (χ4n) is 2.11. The second-order valence-corrected chi connectivity index (χ2v) is 4.68. The normalized spacial score (nSPS) is 11.9. The lowest BCUT2D eigenvalue weighted by atomic mass is 10.1.